The number of hydrogen-bond acceptors (Lipinski definition) is 1. The van der Waals surface area contributed by atoms with Gasteiger partial charge in [0.2, 0.25) is 0 Å². The third-order valence-electron chi connectivity index (χ3n) is 3.30. The molecule has 0 fully saturated rings. The smallest absolute Gasteiger partial charge is 0.0192 e. The molecule has 1 unspecified atom stereocenters. The quantitative estimate of drug-likeness (QED) is 0.662. The highest BCUT2D eigenvalue weighted by Crippen LogP contribution is 2.40. The second-order valence-electron chi connectivity index (χ2n) is 4.36. The molecule has 0 amide bonds. The number of nitrogens with two attached hydrogens (primary N) is 1. The van der Waals surface area contributed by atoms with E-state index in [1.807, 2.05) is 13.0 Å². The van der Waals surface area contributed by atoms with Crippen LogP contribution >= 0.6 is 0 Å². The van der Waals surface area contributed by atoms with Crippen molar-refractivity contribution in [1.82, 2.24) is 0 Å². The summed E-state index contributed by atoms with van der Waals surface area (Å²) in [6.45, 7) is 14.4. The van der Waals surface area contributed by atoms with Crippen molar-refractivity contribution in [2.45, 2.75) is 46.6 Å². The molecular weight excluding hydrogens is 158 g/mol. The Balaban J connectivity index is 5.17. The van der Waals surface area contributed by atoms with Gasteiger partial charge in [-0.05, 0) is 32.8 Å². The van der Waals surface area contributed by atoms with E-state index in [-0.39, 0.29) is 11.0 Å². The van der Waals surface area contributed by atoms with Crippen LogP contribution in [0.3, 0.4) is 0 Å². The average Bonchev–Trinajstić information content (AvgIpc) is 2.04. The minimum absolute atomic E-state index is 0.0174. The van der Waals surface area contributed by atoms with Crippen LogP contribution in [0.4, 0.5) is 0 Å². The highest BCUT2D eigenvalue weighted by atomic mass is 14.8. The molecule has 2 N–H and O–H groups in total. The maximum Gasteiger partial charge on any atom is 0.0192 e. The second-order valence-corrected chi connectivity index (χ2v) is 4.36. The summed E-state index contributed by atoms with van der Waals surface area (Å²) in [4.78, 5) is 0. The van der Waals surface area contributed by atoms with Gasteiger partial charge >= 0.3 is 0 Å². The van der Waals surface area contributed by atoms with Gasteiger partial charge in [-0.2, -0.15) is 0 Å². The molecule has 1 nitrogen and oxygen atoms in total. The lowest BCUT2D eigenvalue weighted by Gasteiger charge is -2.42. The third kappa shape index (κ3) is 2.22. The third-order valence-corrected chi connectivity index (χ3v) is 3.30. The van der Waals surface area contributed by atoms with Crippen molar-refractivity contribution in [2.24, 2.45) is 11.1 Å². The van der Waals surface area contributed by atoms with Crippen molar-refractivity contribution >= 4 is 0 Å². The number of hydrogen-bond donors (Lipinski definition) is 1. The first-order valence-corrected chi connectivity index (χ1v) is 4.91. The lowest BCUT2D eigenvalue weighted by molar-refractivity contribution is 0.222. The summed E-state index contributed by atoms with van der Waals surface area (Å²) < 4.78 is 0. The Morgan fingerprint density at radius 3 is 1.92 bits per heavy atom. The Morgan fingerprint density at radius 1 is 1.38 bits per heavy atom. The summed E-state index contributed by atoms with van der Waals surface area (Å²) in [6, 6.07) is 0. The predicted molar refractivity (Wildman–Crippen MR) is 60.6 cm³/mol. The molecule has 0 aromatic rings. The monoisotopic (exact) mass is 181 g/mol. The first kappa shape index (κ1) is 12.4. The minimum atomic E-state index is -0.211. The molecule has 0 aliphatic carbocycles. The maximum absolute atomic E-state index is 6.19. The van der Waals surface area contributed by atoms with Gasteiger partial charge in [0.1, 0.15) is 0 Å². The zero-order valence-electron chi connectivity index (χ0n) is 9.65. The van der Waals surface area contributed by atoms with Crippen LogP contribution in [0.2, 0.25) is 0 Å². The Hall–Kier alpha value is -0.560. The molecule has 1 heteroatoms. The predicted octanol–water partition coefficient (Wildman–Crippen LogP) is 3.27. The Kier molecular flexibility index (Phi) is 3.92. The molecule has 76 valence electrons. The molecule has 0 radical (unpaired) electrons. The highest BCUT2D eigenvalue weighted by molar-refractivity contribution is 5.28. The van der Waals surface area contributed by atoms with Gasteiger partial charge in [0.15, 0.2) is 0 Å². The van der Waals surface area contributed by atoms with Crippen LogP contribution in [0.15, 0.2) is 24.3 Å². The largest absolute Gasteiger partial charge is 0.325 e. The Morgan fingerprint density at radius 2 is 1.85 bits per heavy atom. The highest BCUT2D eigenvalue weighted by Gasteiger charge is 2.38. The summed E-state index contributed by atoms with van der Waals surface area (Å²) in [6.07, 6.45) is 5.05. The van der Waals surface area contributed by atoms with E-state index in [0.29, 0.717) is 0 Å². The molecule has 0 bridgehead atoms. The molecule has 0 aromatic heterocycles. The van der Waals surface area contributed by atoms with E-state index in [4.69, 9.17) is 5.73 Å². The van der Waals surface area contributed by atoms with E-state index < -0.39 is 0 Å². The molecule has 0 rings (SSSR count). The molecule has 0 spiro atoms. The van der Waals surface area contributed by atoms with Crippen LogP contribution in [0.5, 0.6) is 0 Å². The molecule has 0 saturated carbocycles. The normalized spacial score (nSPS) is 18.2. The van der Waals surface area contributed by atoms with Crippen molar-refractivity contribution in [1.29, 1.82) is 0 Å². The molecule has 0 aliphatic heterocycles. The summed E-state index contributed by atoms with van der Waals surface area (Å²) in [5.41, 5.74) is 7.23. The van der Waals surface area contributed by atoms with Gasteiger partial charge in [0, 0.05) is 11.0 Å². The summed E-state index contributed by atoms with van der Waals surface area (Å²) >= 11 is 0. The first-order valence-electron chi connectivity index (χ1n) is 4.91. The van der Waals surface area contributed by atoms with E-state index in [1.54, 1.807) is 0 Å². The molecule has 0 saturated heterocycles. The van der Waals surface area contributed by atoms with Crippen molar-refractivity contribution in [2.75, 3.05) is 0 Å². The lowest BCUT2D eigenvalue weighted by Crippen LogP contribution is -2.49. The van der Waals surface area contributed by atoms with Crippen molar-refractivity contribution in [3.8, 4) is 0 Å². The van der Waals surface area contributed by atoms with Gasteiger partial charge in [-0.15, -0.1) is 0 Å². The van der Waals surface area contributed by atoms with Gasteiger partial charge in [-0.3, -0.25) is 0 Å². The number of rotatable bonds is 4. The van der Waals surface area contributed by atoms with Crippen LogP contribution in [-0.4, -0.2) is 5.54 Å². The van der Waals surface area contributed by atoms with Gasteiger partial charge < -0.3 is 5.73 Å². The van der Waals surface area contributed by atoms with Crippen LogP contribution < -0.4 is 5.73 Å². The minimum Gasteiger partial charge on any atom is -0.325 e. The average molecular weight is 181 g/mol. The topological polar surface area (TPSA) is 26.0 Å². The Bertz CT molecular complexity index is 208. The van der Waals surface area contributed by atoms with Crippen molar-refractivity contribution in [3.05, 3.63) is 24.3 Å². The van der Waals surface area contributed by atoms with Gasteiger partial charge in [0.05, 0.1) is 0 Å². The van der Waals surface area contributed by atoms with Crippen LogP contribution in [0, 0.1) is 5.41 Å². The standard InChI is InChI=1S/C12H23N/c1-7-10(8-2)12(6,9-3)11(4,5)13/h7-8H,1,9,13H2,2-6H3/b10-8+. The summed E-state index contributed by atoms with van der Waals surface area (Å²) in [5.74, 6) is 0. The van der Waals surface area contributed by atoms with Gasteiger partial charge in [0.25, 0.3) is 0 Å². The fourth-order valence-corrected chi connectivity index (χ4v) is 1.69. The summed E-state index contributed by atoms with van der Waals surface area (Å²) in [7, 11) is 0. The van der Waals surface area contributed by atoms with Crippen molar-refractivity contribution < 1.29 is 0 Å². The second kappa shape index (κ2) is 4.10. The van der Waals surface area contributed by atoms with Crippen LogP contribution in [0.1, 0.15) is 41.0 Å². The SMILES string of the molecule is C=C/C(=C\C)C(C)(CC)C(C)(C)N. The molecular formula is C12H23N. The van der Waals surface area contributed by atoms with Gasteiger partial charge in [-0.25, -0.2) is 0 Å². The maximum atomic E-state index is 6.19. The van der Waals surface area contributed by atoms with E-state index in [0.717, 1.165) is 6.42 Å². The van der Waals surface area contributed by atoms with Crippen LogP contribution in [-0.2, 0) is 0 Å². The molecule has 1 atom stereocenters. The molecule has 0 aliphatic rings. The lowest BCUT2D eigenvalue weighted by atomic mass is 9.66. The number of allylic oxidation sites excluding steroid dienone is 2. The van der Waals surface area contributed by atoms with E-state index in [9.17, 15) is 0 Å². The van der Waals surface area contributed by atoms with Gasteiger partial charge in [-0.1, -0.05) is 32.6 Å². The molecule has 13 heavy (non-hydrogen) atoms. The van der Waals surface area contributed by atoms with Crippen LogP contribution in [0.25, 0.3) is 0 Å². The zero-order chi connectivity index (χ0) is 10.7. The fourth-order valence-electron chi connectivity index (χ4n) is 1.69. The van der Waals surface area contributed by atoms with E-state index >= 15 is 0 Å². The van der Waals surface area contributed by atoms with E-state index in [1.165, 1.54) is 5.57 Å². The van der Waals surface area contributed by atoms with Crippen molar-refractivity contribution in [3.63, 3.8) is 0 Å². The zero-order valence-corrected chi connectivity index (χ0v) is 9.65. The fraction of sp³-hybridized carbons (Fsp3) is 0.667. The molecule has 0 aromatic carbocycles. The Labute approximate surface area is 82.7 Å². The summed E-state index contributed by atoms with van der Waals surface area (Å²) in [5, 5.41) is 0. The van der Waals surface area contributed by atoms with E-state index in [2.05, 4.69) is 40.3 Å². The first-order chi connectivity index (χ1) is 5.83. The molecule has 0 heterocycles.